The predicted molar refractivity (Wildman–Crippen MR) is 66.1 cm³/mol. The average molecular weight is 272 g/mol. The first-order valence-electron chi connectivity index (χ1n) is 5.35. The lowest BCUT2D eigenvalue weighted by Gasteiger charge is -2.00. The maximum absolute atomic E-state index is 11.9. The molecule has 0 aliphatic heterocycles. The molecule has 0 bridgehead atoms. The molecule has 0 radical (unpaired) electrons. The summed E-state index contributed by atoms with van der Waals surface area (Å²) in [6.45, 7) is 0. The zero-order valence-electron chi connectivity index (χ0n) is 10.5. The summed E-state index contributed by atoms with van der Waals surface area (Å²) in [5, 5.41) is 24.1. The molecule has 20 heavy (non-hydrogen) atoms. The highest BCUT2D eigenvalue weighted by Crippen LogP contribution is 2.12. The number of aryl methyl sites for hydroxylation is 1. The smallest absolute Gasteiger partial charge is 0.315 e. The Morgan fingerprint density at radius 2 is 1.90 bits per heavy atom. The summed E-state index contributed by atoms with van der Waals surface area (Å²) in [4.78, 5) is 30.1. The predicted octanol–water partition coefficient (Wildman–Crippen LogP) is -0.540. The first kappa shape index (κ1) is 13.2. The van der Waals surface area contributed by atoms with Gasteiger partial charge in [0.05, 0.1) is 0 Å². The maximum Gasteiger partial charge on any atom is 0.332 e. The highest BCUT2D eigenvalue weighted by molar-refractivity contribution is 5.71. The average Bonchev–Trinajstić information content (AvgIpc) is 2.88. The number of nitriles is 2. The molecular weight excluding hydrogens is 264 g/mol. The summed E-state index contributed by atoms with van der Waals surface area (Å²) >= 11 is 0. The molecule has 2 rings (SSSR count). The molecule has 0 unspecified atom stereocenters. The van der Waals surface area contributed by atoms with Crippen molar-refractivity contribution in [1.82, 2.24) is 19.1 Å². The van der Waals surface area contributed by atoms with Crippen molar-refractivity contribution in [2.75, 3.05) is 0 Å². The van der Waals surface area contributed by atoms with Crippen LogP contribution in [0.4, 0.5) is 5.95 Å². The van der Waals surface area contributed by atoms with Gasteiger partial charge < -0.3 is 4.98 Å². The van der Waals surface area contributed by atoms with Crippen molar-refractivity contribution in [3.05, 3.63) is 20.8 Å². The van der Waals surface area contributed by atoms with Gasteiger partial charge in [-0.25, -0.2) is 4.79 Å². The van der Waals surface area contributed by atoms with Gasteiger partial charge in [-0.15, -0.1) is 5.11 Å². The Morgan fingerprint density at radius 1 is 1.25 bits per heavy atom. The number of H-pyrrole nitrogens is 1. The monoisotopic (exact) mass is 272 g/mol. The lowest BCUT2D eigenvalue weighted by atomic mass is 10.4. The van der Waals surface area contributed by atoms with Crippen LogP contribution in [0.1, 0.15) is 0 Å². The largest absolute Gasteiger partial charge is 0.332 e. The lowest BCUT2D eigenvalue weighted by molar-refractivity contribution is 0.709. The van der Waals surface area contributed by atoms with Gasteiger partial charge in [0.25, 0.3) is 5.56 Å². The number of aromatic nitrogens is 4. The van der Waals surface area contributed by atoms with E-state index in [1.54, 1.807) is 12.1 Å². The van der Waals surface area contributed by atoms with Crippen LogP contribution >= 0.6 is 0 Å². The molecular formula is C10H8N8O2. The number of imidazole rings is 1. The molecule has 1 N–H and O–H groups in total. The number of hydrogen-bond acceptors (Lipinski definition) is 7. The van der Waals surface area contributed by atoms with Gasteiger partial charge in [0, 0.05) is 14.1 Å². The molecule has 2 aromatic heterocycles. The van der Waals surface area contributed by atoms with Crippen molar-refractivity contribution >= 4 is 17.1 Å². The highest BCUT2D eigenvalue weighted by Gasteiger charge is 2.13. The first-order valence-corrected chi connectivity index (χ1v) is 5.35. The van der Waals surface area contributed by atoms with Crippen molar-refractivity contribution in [3.8, 4) is 12.1 Å². The van der Waals surface area contributed by atoms with E-state index in [0.29, 0.717) is 0 Å². The molecule has 2 aromatic rings. The van der Waals surface area contributed by atoms with Gasteiger partial charge in [-0.2, -0.15) is 20.6 Å². The van der Waals surface area contributed by atoms with E-state index >= 15 is 0 Å². The van der Waals surface area contributed by atoms with Crippen molar-refractivity contribution < 1.29 is 0 Å². The Labute approximate surface area is 111 Å². The van der Waals surface area contributed by atoms with Crippen LogP contribution < -0.4 is 11.2 Å². The van der Waals surface area contributed by atoms with E-state index in [0.717, 1.165) is 4.57 Å². The van der Waals surface area contributed by atoms with Gasteiger partial charge in [-0.1, -0.05) is 0 Å². The minimum atomic E-state index is -1.25. The van der Waals surface area contributed by atoms with E-state index in [4.69, 9.17) is 10.5 Å². The zero-order valence-corrected chi connectivity index (χ0v) is 10.5. The fraction of sp³-hybridized carbons (Fsp3) is 0.300. The quantitative estimate of drug-likeness (QED) is 0.729. The van der Waals surface area contributed by atoms with E-state index in [1.165, 1.54) is 18.7 Å². The normalized spacial score (nSPS) is 11.1. The van der Waals surface area contributed by atoms with Crippen LogP contribution in [-0.4, -0.2) is 25.1 Å². The Balaban J connectivity index is 2.62. The number of fused-ring (bicyclic) bond motifs is 1. The number of aromatic amines is 1. The minimum Gasteiger partial charge on any atom is -0.315 e. The minimum absolute atomic E-state index is 0.0613. The topological polar surface area (TPSA) is 145 Å². The number of nitrogens with one attached hydrogen (secondary N) is 1. The number of rotatable bonds is 2. The fourth-order valence-corrected chi connectivity index (χ4v) is 1.55. The molecule has 0 fully saturated rings. The van der Waals surface area contributed by atoms with Crippen molar-refractivity contribution in [3.63, 3.8) is 0 Å². The van der Waals surface area contributed by atoms with Crippen LogP contribution in [0.5, 0.6) is 0 Å². The number of azo groups is 1. The van der Waals surface area contributed by atoms with Gasteiger partial charge in [0.1, 0.15) is 12.1 Å². The molecule has 0 amide bonds. The van der Waals surface area contributed by atoms with Gasteiger partial charge in [0.2, 0.25) is 12.0 Å². The first-order chi connectivity index (χ1) is 9.49. The van der Waals surface area contributed by atoms with Crippen LogP contribution in [0.15, 0.2) is 19.8 Å². The molecule has 0 atom stereocenters. The molecule has 0 spiro atoms. The standard InChI is InChI=1S/C10H8N8O2/c1-17-7-6(8(19)18(2)10(17)20)13-9(14-7)16-15-5(3-11)4-12/h5H,1-2H3,(H,13,14). The van der Waals surface area contributed by atoms with Gasteiger partial charge in [-0.3, -0.25) is 13.9 Å². The highest BCUT2D eigenvalue weighted by atomic mass is 16.2. The Bertz CT molecular complexity index is 887. The third-order valence-electron chi connectivity index (χ3n) is 2.59. The van der Waals surface area contributed by atoms with Crippen LogP contribution in [0, 0.1) is 22.7 Å². The summed E-state index contributed by atoms with van der Waals surface area (Å²) in [6.07, 6.45) is 0. The van der Waals surface area contributed by atoms with Gasteiger partial charge in [0.15, 0.2) is 11.2 Å². The molecule has 0 aromatic carbocycles. The second-order valence-corrected chi connectivity index (χ2v) is 3.84. The fourth-order valence-electron chi connectivity index (χ4n) is 1.55. The number of nitrogens with zero attached hydrogens (tertiary/aromatic N) is 7. The van der Waals surface area contributed by atoms with Crippen molar-refractivity contribution in [2.24, 2.45) is 24.3 Å². The Morgan fingerprint density at radius 3 is 2.50 bits per heavy atom. The molecule has 0 aliphatic rings. The third-order valence-corrected chi connectivity index (χ3v) is 2.59. The molecule has 100 valence electrons. The van der Waals surface area contributed by atoms with Crippen molar-refractivity contribution in [2.45, 2.75) is 6.04 Å². The van der Waals surface area contributed by atoms with E-state index in [9.17, 15) is 9.59 Å². The summed E-state index contributed by atoms with van der Waals surface area (Å²) in [5.74, 6) is -0.0613. The zero-order chi connectivity index (χ0) is 14.9. The second kappa shape index (κ2) is 4.78. The van der Waals surface area contributed by atoms with Crippen LogP contribution in [0.3, 0.4) is 0 Å². The van der Waals surface area contributed by atoms with E-state index in [1.807, 2.05) is 0 Å². The maximum atomic E-state index is 11.9. The SMILES string of the molecule is Cn1c(=O)c2[nH]c(N=NC(C#N)C#N)nc2n(C)c1=O. The molecule has 0 aliphatic carbocycles. The number of hydrogen-bond donors (Lipinski definition) is 1. The van der Waals surface area contributed by atoms with E-state index in [-0.39, 0.29) is 17.1 Å². The van der Waals surface area contributed by atoms with Crippen molar-refractivity contribution in [1.29, 1.82) is 10.5 Å². The van der Waals surface area contributed by atoms with Crippen LogP contribution in [0.25, 0.3) is 11.2 Å². The third kappa shape index (κ3) is 1.95. The summed E-state index contributed by atoms with van der Waals surface area (Å²) in [7, 11) is 2.80. The summed E-state index contributed by atoms with van der Waals surface area (Å²) < 4.78 is 2.10. The Hall–Kier alpha value is -3.27. The molecule has 0 saturated carbocycles. The van der Waals surface area contributed by atoms with Gasteiger partial charge >= 0.3 is 5.69 Å². The lowest BCUT2D eigenvalue weighted by Crippen LogP contribution is -2.36. The molecule has 2 heterocycles. The molecule has 0 saturated heterocycles. The van der Waals surface area contributed by atoms with Gasteiger partial charge in [-0.05, 0) is 0 Å². The van der Waals surface area contributed by atoms with Crippen LogP contribution in [-0.2, 0) is 14.1 Å². The van der Waals surface area contributed by atoms with E-state index < -0.39 is 17.3 Å². The Kier molecular flexibility index (Phi) is 3.15. The summed E-state index contributed by atoms with van der Waals surface area (Å²) in [6, 6.07) is 1.97. The van der Waals surface area contributed by atoms with E-state index in [2.05, 4.69) is 20.2 Å². The molecule has 10 heteroatoms. The molecule has 10 nitrogen and oxygen atoms in total. The summed E-state index contributed by atoms with van der Waals surface area (Å²) in [5.41, 5.74) is -0.856. The second-order valence-electron chi connectivity index (χ2n) is 3.84. The van der Waals surface area contributed by atoms with Crippen LogP contribution in [0.2, 0.25) is 0 Å².